The predicted octanol–water partition coefficient (Wildman–Crippen LogP) is 3.00. The van der Waals surface area contributed by atoms with Crippen LogP contribution in [0.25, 0.3) is 22.8 Å². The Labute approximate surface area is 192 Å². The van der Waals surface area contributed by atoms with Crippen LogP contribution in [0, 0.1) is 6.92 Å². The van der Waals surface area contributed by atoms with Crippen molar-refractivity contribution >= 4 is 17.5 Å². The number of nitrogens with zero attached hydrogens (tertiary/aromatic N) is 8. The lowest BCUT2D eigenvalue weighted by Crippen LogP contribution is -2.46. The monoisotopic (exact) mass is 448 g/mol. The topological polar surface area (TPSA) is 102 Å². The summed E-state index contributed by atoms with van der Waals surface area (Å²) >= 11 is 0. The molecule has 5 heterocycles. The molecule has 3 aromatic rings. The molecule has 3 aromatic heterocycles. The summed E-state index contributed by atoms with van der Waals surface area (Å²) < 4.78 is 7.58. The molecule has 172 valence electrons. The third-order valence-electron chi connectivity index (χ3n) is 6.17. The van der Waals surface area contributed by atoms with E-state index < -0.39 is 0 Å². The van der Waals surface area contributed by atoms with Crippen LogP contribution in [0.15, 0.2) is 24.7 Å². The number of amides is 1. The fourth-order valence-electron chi connectivity index (χ4n) is 4.36. The zero-order chi connectivity index (χ0) is 22.9. The molecule has 5 rings (SSSR count). The van der Waals surface area contributed by atoms with E-state index in [2.05, 4.69) is 15.1 Å². The van der Waals surface area contributed by atoms with Gasteiger partial charge in [0.15, 0.2) is 23.7 Å². The van der Waals surface area contributed by atoms with Gasteiger partial charge in [-0.15, -0.1) is 5.10 Å². The van der Waals surface area contributed by atoms with Gasteiger partial charge in [-0.2, -0.15) is 0 Å². The smallest absolute Gasteiger partial charge is 0.247 e. The number of carbonyl (C=O) groups excluding carboxylic acids is 1. The minimum Gasteiger partial charge on any atom is -0.356 e. The van der Waals surface area contributed by atoms with Crippen LogP contribution < -0.4 is 9.80 Å². The van der Waals surface area contributed by atoms with Crippen molar-refractivity contribution in [2.24, 2.45) is 0 Å². The Bertz CT molecular complexity index is 1170. The molecule has 0 aromatic carbocycles. The molecule has 0 saturated carbocycles. The number of anilines is 2. The number of rotatable bonds is 5. The van der Waals surface area contributed by atoms with Crippen molar-refractivity contribution in [2.45, 2.75) is 46.3 Å². The van der Waals surface area contributed by atoms with Crippen LogP contribution in [0.5, 0.6) is 0 Å². The Hall–Kier alpha value is -3.40. The number of hydrogen-bond donors (Lipinski definition) is 0. The highest BCUT2D eigenvalue weighted by atomic mass is 16.5. The molecule has 1 atom stereocenters. The fraction of sp³-hybridized carbons (Fsp3) is 0.478. The Morgan fingerprint density at radius 2 is 1.94 bits per heavy atom. The molecule has 10 nitrogen and oxygen atoms in total. The molecule has 2 aliphatic rings. The normalized spacial score (nSPS) is 18.5. The Kier molecular flexibility index (Phi) is 5.76. The maximum atomic E-state index is 12.6. The molecule has 10 heteroatoms. The fourth-order valence-corrected chi connectivity index (χ4v) is 4.36. The minimum atomic E-state index is -0.0574. The molecular weight excluding hydrogens is 420 g/mol. The first-order valence-corrected chi connectivity index (χ1v) is 11.5. The molecule has 1 fully saturated rings. The van der Waals surface area contributed by atoms with E-state index in [1.807, 2.05) is 37.8 Å². The summed E-state index contributed by atoms with van der Waals surface area (Å²) in [7, 11) is 0. The average Bonchev–Trinajstić information content (AvgIpc) is 3.34. The number of carbonyl (C=O) groups is 1. The quantitative estimate of drug-likeness (QED) is 0.587. The summed E-state index contributed by atoms with van der Waals surface area (Å²) in [6.07, 6.45) is 6.57. The first-order chi connectivity index (χ1) is 16.1. The third kappa shape index (κ3) is 3.95. The molecular formula is C23H28N8O2. The van der Waals surface area contributed by atoms with E-state index in [1.165, 1.54) is 0 Å². The van der Waals surface area contributed by atoms with Crippen molar-refractivity contribution in [3.05, 3.63) is 30.4 Å². The number of likely N-dealkylation sites (N-methyl/N-ethyl adjacent to an activating group) is 2. The highest BCUT2D eigenvalue weighted by Gasteiger charge is 2.30. The Morgan fingerprint density at radius 1 is 1.06 bits per heavy atom. The van der Waals surface area contributed by atoms with Crippen molar-refractivity contribution in [3.63, 3.8) is 0 Å². The lowest BCUT2D eigenvalue weighted by molar-refractivity contribution is -0.117. The third-order valence-corrected chi connectivity index (χ3v) is 6.17. The number of fused-ring (bicyclic) bond motifs is 1. The van der Waals surface area contributed by atoms with Gasteiger partial charge in [-0.1, -0.05) is 0 Å². The number of pyridine rings is 1. The molecule has 2 aliphatic heterocycles. The first kappa shape index (κ1) is 21.4. The van der Waals surface area contributed by atoms with E-state index in [9.17, 15) is 4.79 Å². The van der Waals surface area contributed by atoms with Crippen LogP contribution in [-0.2, 0) is 9.53 Å². The van der Waals surface area contributed by atoms with E-state index >= 15 is 0 Å². The summed E-state index contributed by atoms with van der Waals surface area (Å²) in [6, 6.07) is 3.86. The average molecular weight is 449 g/mol. The van der Waals surface area contributed by atoms with E-state index in [-0.39, 0.29) is 12.1 Å². The summed E-state index contributed by atoms with van der Waals surface area (Å²) in [5.74, 6) is 1.94. The second kappa shape index (κ2) is 8.86. The van der Waals surface area contributed by atoms with Crippen LogP contribution >= 0.6 is 0 Å². The molecule has 33 heavy (non-hydrogen) atoms. The van der Waals surface area contributed by atoms with Gasteiger partial charge in [-0.05, 0) is 52.2 Å². The van der Waals surface area contributed by atoms with Crippen LogP contribution in [0.3, 0.4) is 0 Å². The van der Waals surface area contributed by atoms with Gasteiger partial charge in [-0.25, -0.2) is 24.6 Å². The summed E-state index contributed by atoms with van der Waals surface area (Å²) in [5.41, 5.74) is 3.04. The lowest BCUT2D eigenvalue weighted by atomic mass is 10.1. The minimum absolute atomic E-state index is 0.0344. The second-order valence-corrected chi connectivity index (χ2v) is 8.25. The van der Waals surface area contributed by atoms with E-state index in [4.69, 9.17) is 14.7 Å². The van der Waals surface area contributed by atoms with Gasteiger partial charge in [0.2, 0.25) is 5.91 Å². The lowest BCUT2D eigenvalue weighted by Gasteiger charge is -2.34. The van der Waals surface area contributed by atoms with E-state index in [1.54, 1.807) is 22.1 Å². The molecule has 0 spiro atoms. The van der Waals surface area contributed by atoms with Gasteiger partial charge in [0.05, 0.1) is 18.4 Å². The molecule has 1 saturated heterocycles. The van der Waals surface area contributed by atoms with Gasteiger partial charge in [0.25, 0.3) is 0 Å². The molecule has 0 aliphatic carbocycles. The maximum absolute atomic E-state index is 12.6. The predicted molar refractivity (Wildman–Crippen MR) is 124 cm³/mol. The van der Waals surface area contributed by atoms with Gasteiger partial charge >= 0.3 is 0 Å². The van der Waals surface area contributed by atoms with Crippen molar-refractivity contribution in [1.29, 1.82) is 0 Å². The van der Waals surface area contributed by atoms with Crippen molar-refractivity contribution < 1.29 is 9.53 Å². The van der Waals surface area contributed by atoms with Gasteiger partial charge in [0.1, 0.15) is 12.0 Å². The van der Waals surface area contributed by atoms with Gasteiger partial charge in [-0.3, -0.25) is 9.69 Å². The van der Waals surface area contributed by atoms with Crippen LogP contribution in [0.4, 0.5) is 11.6 Å². The summed E-state index contributed by atoms with van der Waals surface area (Å²) in [5, 5.41) is 4.59. The number of ether oxygens (including phenoxy) is 1. The van der Waals surface area contributed by atoms with Crippen molar-refractivity contribution in [1.82, 2.24) is 29.7 Å². The van der Waals surface area contributed by atoms with Crippen LogP contribution in [0.2, 0.25) is 0 Å². The van der Waals surface area contributed by atoms with Crippen molar-refractivity contribution in [3.8, 4) is 22.8 Å². The summed E-state index contributed by atoms with van der Waals surface area (Å²) in [4.78, 5) is 34.9. The van der Waals surface area contributed by atoms with E-state index in [0.29, 0.717) is 42.7 Å². The van der Waals surface area contributed by atoms with Gasteiger partial charge < -0.3 is 9.64 Å². The largest absolute Gasteiger partial charge is 0.356 e. The van der Waals surface area contributed by atoms with Crippen molar-refractivity contribution in [2.75, 3.05) is 36.0 Å². The molecule has 0 bridgehead atoms. The SMILES string of the molecule is CCN1CC(=O)N(CC)c2nc(-c3ccc(-c4ncn(C5CCCCO5)n4)nc3C)cnc21. The standard InChI is InChI=1S/C23H28N8O2/c1-4-29-13-19(32)30(5-2)23-22(29)24-12-18(27-23)16-9-10-17(26-15(16)3)21-25-14-31(28-21)20-8-6-7-11-33-20/h9-10,12,14,20H,4-8,11,13H2,1-3H3. The number of aryl methyl sites for hydroxylation is 1. The molecule has 1 unspecified atom stereocenters. The second-order valence-electron chi connectivity index (χ2n) is 8.25. The zero-order valence-electron chi connectivity index (χ0n) is 19.2. The highest BCUT2D eigenvalue weighted by Crippen LogP contribution is 2.33. The molecule has 0 N–H and O–H groups in total. The first-order valence-electron chi connectivity index (χ1n) is 11.5. The van der Waals surface area contributed by atoms with Crippen LogP contribution in [-0.4, -0.2) is 61.9 Å². The molecule has 1 amide bonds. The number of hydrogen-bond acceptors (Lipinski definition) is 8. The zero-order valence-corrected chi connectivity index (χ0v) is 19.2. The Balaban J connectivity index is 1.45. The molecule has 0 radical (unpaired) electrons. The maximum Gasteiger partial charge on any atom is 0.247 e. The van der Waals surface area contributed by atoms with Gasteiger partial charge in [0, 0.05) is 31.0 Å². The number of aromatic nitrogens is 6. The van der Waals surface area contributed by atoms with Crippen LogP contribution in [0.1, 0.15) is 45.0 Å². The highest BCUT2D eigenvalue weighted by molar-refractivity contribution is 6.01. The summed E-state index contributed by atoms with van der Waals surface area (Å²) in [6.45, 7) is 8.22. The Morgan fingerprint density at radius 3 is 2.67 bits per heavy atom. The van der Waals surface area contributed by atoms with E-state index in [0.717, 1.165) is 42.9 Å².